The third-order valence-corrected chi connectivity index (χ3v) is 2.23. The zero-order valence-corrected chi connectivity index (χ0v) is 9.96. The summed E-state index contributed by atoms with van der Waals surface area (Å²) < 4.78 is 7.21. The Hall–Kier alpha value is -0.990. The molecular weight excluding hydrogens is 176 g/mol. The van der Waals surface area contributed by atoms with E-state index in [1.807, 2.05) is 4.68 Å². The van der Waals surface area contributed by atoms with Gasteiger partial charge in [-0.3, -0.25) is 4.68 Å². The van der Waals surface area contributed by atoms with E-state index < -0.39 is 0 Å². The maximum atomic E-state index is 5.27. The molecule has 3 heteroatoms. The number of rotatable bonds is 2. The Kier molecular flexibility index (Phi) is 2.88. The minimum Gasteiger partial charge on any atom is -0.480 e. The van der Waals surface area contributed by atoms with E-state index in [2.05, 4.69) is 45.9 Å². The topological polar surface area (TPSA) is 27.1 Å². The lowest BCUT2D eigenvalue weighted by atomic mass is 9.89. The molecule has 1 aromatic rings. The number of nitrogens with zero attached hydrogens (tertiary/aromatic N) is 2. The minimum absolute atomic E-state index is 0.0818. The Balaban J connectivity index is 3.16. The van der Waals surface area contributed by atoms with Crippen molar-refractivity contribution in [3.8, 4) is 5.88 Å². The van der Waals surface area contributed by atoms with Crippen LogP contribution in [-0.4, -0.2) is 16.9 Å². The number of ether oxygens (including phenoxy) is 1. The molecule has 0 N–H and O–H groups in total. The highest BCUT2D eigenvalue weighted by atomic mass is 16.5. The summed E-state index contributed by atoms with van der Waals surface area (Å²) in [6.07, 6.45) is 2.07. The van der Waals surface area contributed by atoms with Crippen molar-refractivity contribution < 1.29 is 4.74 Å². The Labute approximate surface area is 86.1 Å². The smallest absolute Gasteiger partial charge is 0.236 e. The van der Waals surface area contributed by atoms with Gasteiger partial charge < -0.3 is 4.74 Å². The molecule has 0 saturated heterocycles. The molecule has 0 aromatic carbocycles. The van der Waals surface area contributed by atoms with Crippen molar-refractivity contribution in [2.75, 3.05) is 7.11 Å². The first-order valence-electron chi connectivity index (χ1n) is 5.00. The number of aromatic nitrogens is 2. The number of methoxy groups -OCH3 is 1. The number of hydrogen-bond acceptors (Lipinski definition) is 2. The van der Waals surface area contributed by atoms with Gasteiger partial charge in [-0.1, -0.05) is 20.8 Å². The normalized spacial score (nSPS) is 12.2. The van der Waals surface area contributed by atoms with Crippen LogP contribution in [0.25, 0.3) is 0 Å². The molecule has 1 rings (SSSR count). The van der Waals surface area contributed by atoms with Crippen molar-refractivity contribution in [1.82, 2.24) is 9.78 Å². The van der Waals surface area contributed by atoms with Crippen molar-refractivity contribution in [3.63, 3.8) is 0 Å². The first kappa shape index (κ1) is 11.1. The van der Waals surface area contributed by atoms with Gasteiger partial charge in [0.15, 0.2) is 0 Å². The van der Waals surface area contributed by atoms with Gasteiger partial charge >= 0.3 is 0 Å². The average molecular weight is 196 g/mol. The molecule has 0 amide bonds. The van der Waals surface area contributed by atoms with E-state index in [4.69, 9.17) is 4.74 Å². The predicted octanol–water partition coefficient (Wildman–Crippen LogP) is 2.77. The van der Waals surface area contributed by atoms with Crippen LogP contribution in [-0.2, 0) is 5.41 Å². The largest absolute Gasteiger partial charge is 0.480 e. The summed E-state index contributed by atoms with van der Waals surface area (Å²) in [4.78, 5) is 0. The quantitative estimate of drug-likeness (QED) is 0.727. The van der Waals surface area contributed by atoms with Crippen LogP contribution in [0.1, 0.15) is 46.2 Å². The molecule has 14 heavy (non-hydrogen) atoms. The second kappa shape index (κ2) is 3.64. The Morgan fingerprint density at radius 2 is 1.93 bits per heavy atom. The molecule has 3 nitrogen and oxygen atoms in total. The molecular formula is C11H20N2O. The highest BCUT2D eigenvalue weighted by Gasteiger charge is 2.22. The number of hydrogen-bond donors (Lipinski definition) is 0. The van der Waals surface area contributed by atoms with Crippen LogP contribution in [0.4, 0.5) is 0 Å². The predicted molar refractivity (Wildman–Crippen MR) is 57.9 cm³/mol. The van der Waals surface area contributed by atoms with Crippen molar-refractivity contribution in [2.24, 2.45) is 0 Å². The first-order valence-corrected chi connectivity index (χ1v) is 5.00. The molecule has 0 radical (unpaired) electrons. The molecule has 0 aliphatic rings. The van der Waals surface area contributed by atoms with Crippen molar-refractivity contribution >= 4 is 0 Å². The lowest BCUT2D eigenvalue weighted by Gasteiger charge is -2.16. The zero-order valence-electron chi connectivity index (χ0n) is 9.96. The molecule has 0 fully saturated rings. The Bertz CT molecular complexity index is 308. The summed E-state index contributed by atoms with van der Waals surface area (Å²) in [7, 11) is 1.67. The van der Waals surface area contributed by atoms with Crippen LogP contribution in [0.2, 0.25) is 0 Å². The summed E-state index contributed by atoms with van der Waals surface area (Å²) in [5.74, 6) is 0.742. The molecule has 80 valence electrons. The molecule has 1 heterocycles. The fraction of sp³-hybridized carbons (Fsp3) is 0.727. The van der Waals surface area contributed by atoms with Gasteiger partial charge in [-0.2, -0.15) is 0 Å². The fourth-order valence-electron chi connectivity index (χ4n) is 1.30. The second-order valence-corrected chi connectivity index (χ2v) is 4.88. The van der Waals surface area contributed by atoms with Crippen LogP contribution in [0, 0.1) is 0 Å². The lowest BCUT2D eigenvalue weighted by molar-refractivity contribution is 0.373. The second-order valence-electron chi connectivity index (χ2n) is 4.88. The summed E-state index contributed by atoms with van der Waals surface area (Å²) >= 11 is 0. The maximum absolute atomic E-state index is 5.27. The van der Waals surface area contributed by atoms with Crippen molar-refractivity contribution in [3.05, 3.63) is 11.8 Å². The van der Waals surface area contributed by atoms with Crippen LogP contribution < -0.4 is 4.74 Å². The molecule has 0 aliphatic carbocycles. The Morgan fingerprint density at radius 1 is 1.36 bits per heavy atom. The van der Waals surface area contributed by atoms with Gasteiger partial charge in [-0.15, -0.1) is 5.10 Å². The highest BCUT2D eigenvalue weighted by Crippen LogP contribution is 2.30. The summed E-state index contributed by atoms with van der Waals surface area (Å²) in [6.45, 7) is 10.7. The van der Waals surface area contributed by atoms with E-state index in [1.165, 1.54) is 0 Å². The van der Waals surface area contributed by atoms with E-state index >= 15 is 0 Å². The van der Waals surface area contributed by atoms with Gasteiger partial charge in [0, 0.05) is 17.8 Å². The molecule has 0 unspecified atom stereocenters. The third-order valence-electron chi connectivity index (χ3n) is 2.23. The summed E-state index contributed by atoms with van der Waals surface area (Å²) in [5, 5.41) is 4.39. The standard InChI is InChI=1S/C11H20N2O/c1-8(2)13-7-9(11(3,4)5)10(12-13)14-6/h7-8H,1-6H3. The molecule has 0 bridgehead atoms. The average Bonchev–Trinajstić information content (AvgIpc) is 2.46. The van der Waals surface area contributed by atoms with Gasteiger partial charge in [-0.25, -0.2) is 0 Å². The molecule has 1 aromatic heterocycles. The third kappa shape index (κ3) is 2.08. The molecule has 0 aliphatic heterocycles. The summed E-state index contributed by atoms with van der Waals surface area (Å²) in [6, 6.07) is 0.375. The van der Waals surface area contributed by atoms with Crippen LogP contribution in [0.15, 0.2) is 6.20 Å². The van der Waals surface area contributed by atoms with Crippen molar-refractivity contribution in [1.29, 1.82) is 0 Å². The van der Waals surface area contributed by atoms with Crippen LogP contribution >= 0.6 is 0 Å². The van der Waals surface area contributed by atoms with Gasteiger partial charge in [0.1, 0.15) is 0 Å². The van der Waals surface area contributed by atoms with E-state index in [0.29, 0.717) is 6.04 Å². The fourth-order valence-corrected chi connectivity index (χ4v) is 1.30. The maximum Gasteiger partial charge on any atom is 0.236 e. The zero-order chi connectivity index (χ0) is 10.9. The van der Waals surface area contributed by atoms with E-state index in [1.54, 1.807) is 7.11 Å². The molecule has 0 saturated carbocycles. The minimum atomic E-state index is 0.0818. The van der Waals surface area contributed by atoms with Crippen molar-refractivity contribution in [2.45, 2.75) is 46.1 Å². The van der Waals surface area contributed by atoms with Gasteiger partial charge in [0.05, 0.1) is 7.11 Å². The molecule has 0 atom stereocenters. The first-order chi connectivity index (χ1) is 6.36. The van der Waals surface area contributed by atoms with Gasteiger partial charge in [-0.05, 0) is 19.3 Å². The molecule has 0 spiro atoms. The SMILES string of the molecule is COc1nn(C(C)C)cc1C(C)(C)C. The van der Waals surface area contributed by atoms with Crippen LogP contribution in [0.5, 0.6) is 5.88 Å². The van der Waals surface area contributed by atoms with E-state index in [9.17, 15) is 0 Å². The lowest BCUT2D eigenvalue weighted by Crippen LogP contribution is -2.11. The van der Waals surface area contributed by atoms with Gasteiger partial charge in [0.2, 0.25) is 5.88 Å². The Morgan fingerprint density at radius 3 is 2.21 bits per heavy atom. The summed E-state index contributed by atoms with van der Waals surface area (Å²) in [5.41, 5.74) is 1.24. The monoisotopic (exact) mass is 196 g/mol. The van der Waals surface area contributed by atoms with Crippen LogP contribution in [0.3, 0.4) is 0 Å². The highest BCUT2D eigenvalue weighted by molar-refractivity contribution is 5.30. The van der Waals surface area contributed by atoms with E-state index in [0.717, 1.165) is 11.4 Å². The van der Waals surface area contributed by atoms with Gasteiger partial charge in [0.25, 0.3) is 0 Å². The van der Waals surface area contributed by atoms with E-state index in [-0.39, 0.29) is 5.41 Å².